The molecule has 6 heteroatoms. The van der Waals surface area contributed by atoms with Gasteiger partial charge >= 0.3 is 0 Å². The first-order valence-corrected chi connectivity index (χ1v) is 9.08. The van der Waals surface area contributed by atoms with E-state index in [0.29, 0.717) is 13.1 Å². The van der Waals surface area contributed by atoms with Crippen molar-refractivity contribution in [2.45, 2.75) is 19.4 Å². The van der Waals surface area contributed by atoms with Gasteiger partial charge in [0.25, 0.3) is 5.91 Å². The Bertz CT molecular complexity index is 754. The highest BCUT2D eigenvalue weighted by Gasteiger charge is 2.30. The molecule has 146 valence electrons. The molecule has 1 unspecified atom stereocenters. The van der Waals surface area contributed by atoms with E-state index in [4.69, 9.17) is 9.47 Å². The van der Waals surface area contributed by atoms with E-state index < -0.39 is 0 Å². The van der Waals surface area contributed by atoms with Gasteiger partial charge in [0.2, 0.25) is 0 Å². The van der Waals surface area contributed by atoms with Crippen LogP contribution in [0.5, 0.6) is 11.5 Å². The van der Waals surface area contributed by atoms with Crippen LogP contribution in [0.4, 0.5) is 0 Å². The second kappa shape index (κ2) is 10.2. The van der Waals surface area contributed by atoms with Gasteiger partial charge < -0.3 is 19.7 Å². The van der Waals surface area contributed by atoms with Crippen LogP contribution in [-0.4, -0.2) is 44.2 Å². The minimum Gasteiger partial charge on any atom is -0.496 e. The summed E-state index contributed by atoms with van der Waals surface area (Å²) in [5.41, 5.74) is 2.13. The van der Waals surface area contributed by atoms with Gasteiger partial charge in [0.15, 0.2) is 6.61 Å². The van der Waals surface area contributed by atoms with Gasteiger partial charge in [-0.2, -0.15) is 0 Å². The molecule has 5 nitrogen and oxygen atoms in total. The van der Waals surface area contributed by atoms with Crippen LogP contribution >= 0.6 is 12.4 Å². The molecule has 1 aliphatic heterocycles. The molecular formula is C21H27ClN2O3. The minimum atomic E-state index is -0.0579. The molecular weight excluding hydrogens is 364 g/mol. The standard InChI is InChI=1S/C21H26N2O3.ClH/c1-3-16-8-4-6-10-19(16)26-15-21(24)23-13-12-22-14-18(23)17-9-5-7-11-20(17)25-2;/h4-11,18,22H,3,12-15H2,1-2H3;1H. The number of methoxy groups -OCH3 is 1. The van der Waals surface area contributed by atoms with E-state index in [1.807, 2.05) is 53.4 Å². The second-order valence-corrected chi connectivity index (χ2v) is 6.30. The topological polar surface area (TPSA) is 50.8 Å². The molecule has 0 aromatic heterocycles. The number of carbonyl (C=O) groups excluding carboxylic acids is 1. The summed E-state index contributed by atoms with van der Waals surface area (Å²) in [5, 5.41) is 3.37. The summed E-state index contributed by atoms with van der Waals surface area (Å²) in [4.78, 5) is 14.8. The lowest BCUT2D eigenvalue weighted by Gasteiger charge is -2.37. The first-order valence-electron chi connectivity index (χ1n) is 9.08. The van der Waals surface area contributed by atoms with Crippen LogP contribution in [0.1, 0.15) is 24.1 Å². The van der Waals surface area contributed by atoms with Gasteiger partial charge in [-0.25, -0.2) is 0 Å². The smallest absolute Gasteiger partial charge is 0.261 e. The molecule has 2 aromatic carbocycles. The van der Waals surface area contributed by atoms with Crippen molar-refractivity contribution in [3.05, 3.63) is 59.7 Å². The number of para-hydroxylation sites is 2. The third-order valence-corrected chi connectivity index (χ3v) is 4.77. The SMILES string of the molecule is CCc1ccccc1OCC(=O)N1CCNCC1c1ccccc1OC.Cl. The van der Waals surface area contributed by atoms with Gasteiger partial charge in [-0.3, -0.25) is 4.79 Å². The van der Waals surface area contributed by atoms with Crippen LogP contribution in [0.15, 0.2) is 48.5 Å². The Kier molecular flexibility index (Phi) is 7.95. The highest BCUT2D eigenvalue weighted by molar-refractivity contribution is 5.85. The number of nitrogens with one attached hydrogen (secondary N) is 1. The van der Waals surface area contributed by atoms with Crippen molar-refractivity contribution < 1.29 is 14.3 Å². The summed E-state index contributed by atoms with van der Waals surface area (Å²) in [5.74, 6) is 1.58. The number of piperazine rings is 1. The van der Waals surface area contributed by atoms with E-state index in [1.165, 1.54) is 0 Å². The number of benzene rings is 2. The van der Waals surface area contributed by atoms with Crippen LogP contribution in [0.25, 0.3) is 0 Å². The van der Waals surface area contributed by atoms with Crippen molar-refractivity contribution in [3.8, 4) is 11.5 Å². The summed E-state index contributed by atoms with van der Waals surface area (Å²) >= 11 is 0. The fourth-order valence-electron chi connectivity index (χ4n) is 3.38. The maximum absolute atomic E-state index is 12.9. The van der Waals surface area contributed by atoms with Gasteiger partial charge in [0, 0.05) is 25.2 Å². The summed E-state index contributed by atoms with van der Waals surface area (Å²) in [6.45, 7) is 4.27. The number of rotatable bonds is 6. The number of amides is 1. The average Bonchev–Trinajstić information content (AvgIpc) is 2.72. The second-order valence-electron chi connectivity index (χ2n) is 6.30. The van der Waals surface area contributed by atoms with Crippen molar-refractivity contribution in [1.82, 2.24) is 10.2 Å². The van der Waals surface area contributed by atoms with E-state index in [0.717, 1.165) is 35.6 Å². The van der Waals surface area contributed by atoms with Crippen molar-refractivity contribution >= 4 is 18.3 Å². The van der Waals surface area contributed by atoms with Crippen molar-refractivity contribution in [1.29, 1.82) is 0 Å². The maximum Gasteiger partial charge on any atom is 0.261 e. The zero-order chi connectivity index (χ0) is 18.4. The average molecular weight is 391 g/mol. The Balaban J connectivity index is 0.00000261. The monoisotopic (exact) mass is 390 g/mol. The maximum atomic E-state index is 12.9. The molecule has 2 aromatic rings. The fraction of sp³-hybridized carbons (Fsp3) is 0.381. The van der Waals surface area contributed by atoms with Gasteiger partial charge in [-0.05, 0) is 24.1 Å². The largest absolute Gasteiger partial charge is 0.496 e. The molecule has 0 aliphatic carbocycles. The van der Waals surface area contributed by atoms with E-state index in [2.05, 4.69) is 12.2 Å². The lowest BCUT2D eigenvalue weighted by Crippen LogP contribution is -2.50. The molecule has 0 radical (unpaired) electrons. The normalized spacial score (nSPS) is 16.4. The Morgan fingerprint density at radius 1 is 1.15 bits per heavy atom. The molecule has 1 N–H and O–H groups in total. The predicted octanol–water partition coefficient (Wildman–Crippen LogP) is 3.23. The number of nitrogens with zero attached hydrogens (tertiary/aromatic N) is 1. The number of ether oxygens (including phenoxy) is 2. The molecule has 0 bridgehead atoms. The zero-order valence-corrected chi connectivity index (χ0v) is 16.6. The molecule has 1 aliphatic rings. The number of aryl methyl sites for hydroxylation is 1. The lowest BCUT2D eigenvalue weighted by molar-refractivity contribution is -0.136. The summed E-state index contributed by atoms with van der Waals surface area (Å²) in [6, 6.07) is 15.7. The molecule has 3 rings (SSSR count). The first kappa shape index (κ1) is 21.1. The van der Waals surface area contributed by atoms with Crippen LogP contribution in [-0.2, 0) is 11.2 Å². The Morgan fingerprint density at radius 3 is 2.59 bits per heavy atom. The predicted molar refractivity (Wildman–Crippen MR) is 109 cm³/mol. The number of carbonyl (C=O) groups is 1. The zero-order valence-electron chi connectivity index (χ0n) is 15.8. The van der Waals surface area contributed by atoms with E-state index >= 15 is 0 Å². The Morgan fingerprint density at radius 2 is 1.85 bits per heavy atom. The molecule has 0 saturated carbocycles. The highest BCUT2D eigenvalue weighted by Crippen LogP contribution is 2.30. The van der Waals surface area contributed by atoms with Crippen LogP contribution in [0.3, 0.4) is 0 Å². The fourth-order valence-corrected chi connectivity index (χ4v) is 3.38. The lowest BCUT2D eigenvalue weighted by atomic mass is 10.0. The van der Waals surface area contributed by atoms with Gasteiger partial charge in [-0.1, -0.05) is 43.3 Å². The minimum absolute atomic E-state index is 0. The van der Waals surface area contributed by atoms with Gasteiger partial charge in [0.05, 0.1) is 13.2 Å². The molecule has 1 fully saturated rings. The van der Waals surface area contributed by atoms with E-state index in [9.17, 15) is 4.79 Å². The van der Waals surface area contributed by atoms with Gasteiger partial charge in [-0.15, -0.1) is 12.4 Å². The molecule has 27 heavy (non-hydrogen) atoms. The number of hydrogen-bond donors (Lipinski definition) is 1. The molecule has 1 saturated heterocycles. The summed E-state index contributed by atoms with van der Waals surface area (Å²) in [6.07, 6.45) is 0.877. The van der Waals surface area contributed by atoms with Gasteiger partial charge in [0.1, 0.15) is 11.5 Å². The van der Waals surface area contributed by atoms with E-state index in [-0.39, 0.29) is 31.0 Å². The molecule has 1 amide bonds. The summed E-state index contributed by atoms with van der Waals surface area (Å²) in [7, 11) is 1.66. The molecule has 0 spiro atoms. The third kappa shape index (κ3) is 4.93. The number of halogens is 1. The van der Waals surface area contributed by atoms with Crippen molar-refractivity contribution in [2.24, 2.45) is 0 Å². The Hall–Kier alpha value is -2.24. The number of hydrogen-bond acceptors (Lipinski definition) is 4. The molecule has 1 atom stereocenters. The third-order valence-electron chi connectivity index (χ3n) is 4.77. The van der Waals surface area contributed by atoms with Crippen LogP contribution in [0, 0.1) is 0 Å². The summed E-state index contributed by atoms with van der Waals surface area (Å²) < 4.78 is 11.3. The Labute approximate surface area is 167 Å². The highest BCUT2D eigenvalue weighted by atomic mass is 35.5. The van der Waals surface area contributed by atoms with Crippen LogP contribution in [0.2, 0.25) is 0 Å². The van der Waals surface area contributed by atoms with E-state index in [1.54, 1.807) is 7.11 Å². The molecule has 1 heterocycles. The first-order chi connectivity index (χ1) is 12.7. The quantitative estimate of drug-likeness (QED) is 0.822. The van der Waals surface area contributed by atoms with Crippen LogP contribution < -0.4 is 14.8 Å². The van der Waals surface area contributed by atoms with Crippen molar-refractivity contribution in [3.63, 3.8) is 0 Å². The van der Waals surface area contributed by atoms with Crippen molar-refractivity contribution in [2.75, 3.05) is 33.4 Å².